The Balaban J connectivity index is 1.63. The van der Waals surface area contributed by atoms with Gasteiger partial charge in [-0.15, -0.1) is 0 Å². The summed E-state index contributed by atoms with van der Waals surface area (Å²) in [4.78, 5) is 10.1. The Bertz CT molecular complexity index is 577. The number of guanidine groups is 1. The van der Waals surface area contributed by atoms with Crippen molar-refractivity contribution in [3.05, 3.63) is 23.9 Å². The van der Waals surface area contributed by atoms with Crippen molar-refractivity contribution in [3.8, 4) is 5.88 Å². The molecule has 2 rings (SSSR count). The maximum absolute atomic E-state index is 12.8. The van der Waals surface area contributed by atoms with Crippen LogP contribution in [-0.2, 0) is 10.9 Å². The number of nitrogens with one attached hydrogen (secondary N) is 1. The van der Waals surface area contributed by atoms with Gasteiger partial charge in [0, 0.05) is 32.4 Å². The molecule has 1 saturated heterocycles. The van der Waals surface area contributed by atoms with Gasteiger partial charge in [0.05, 0.1) is 19.8 Å². The standard InChI is InChI=1S/C16H24F3N5O2/c17-16(18,19)13-3-1-4-21-14(13)26-10-6-23-15(20)22-5-2-7-24-8-11-25-12-9-24/h1,3-4H,2,5-12H2,(H3,20,22,23). The second-order valence-corrected chi connectivity index (χ2v) is 5.70. The number of hydrogen-bond acceptors (Lipinski definition) is 5. The van der Waals surface area contributed by atoms with Crippen molar-refractivity contribution in [3.63, 3.8) is 0 Å². The summed E-state index contributed by atoms with van der Waals surface area (Å²) in [5.41, 5.74) is 4.83. The second kappa shape index (κ2) is 10.2. The van der Waals surface area contributed by atoms with Crippen LogP contribution in [0.15, 0.2) is 23.3 Å². The fourth-order valence-electron chi connectivity index (χ4n) is 2.42. The fourth-order valence-corrected chi connectivity index (χ4v) is 2.42. The first kappa shape index (κ1) is 20.2. The van der Waals surface area contributed by atoms with E-state index in [1.165, 1.54) is 12.3 Å². The van der Waals surface area contributed by atoms with Gasteiger partial charge in [0.2, 0.25) is 5.88 Å². The normalized spacial score (nSPS) is 16.5. The number of pyridine rings is 1. The molecule has 1 aromatic rings. The molecule has 1 fully saturated rings. The highest BCUT2D eigenvalue weighted by atomic mass is 19.4. The van der Waals surface area contributed by atoms with Crippen molar-refractivity contribution in [1.82, 2.24) is 15.2 Å². The molecule has 1 aromatic heterocycles. The third kappa shape index (κ3) is 7.04. The van der Waals surface area contributed by atoms with Crippen LogP contribution in [0.25, 0.3) is 0 Å². The lowest BCUT2D eigenvalue weighted by Gasteiger charge is -2.26. The number of alkyl halides is 3. The Kier molecular flexibility index (Phi) is 7.92. The number of aliphatic imine (C=N–C) groups is 1. The van der Waals surface area contributed by atoms with Crippen LogP contribution in [0.1, 0.15) is 12.0 Å². The van der Waals surface area contributed by atoms with Gasteiger partial charge in [0.25, 0.3) is 0 Å². The predicted octanol–water partition coefficient (Wildman–Crippen LogP) is 1.11. The molecule has 10 heteroatoms. The number of aromatic nitrogens is 1. The van der Waals surface area contributed by atoms with Crippen molar-refractivity contribution >= 4 is 5.96 Å². The summed E-state index contributed by atoms with van der Waals surface area (Å²) in [7, 11) is 0. The lowest BCUT2D eigenvalue weighted by molar-refractivity contribution is -0.139. The van der Waals surface area contributed by atoms with Crippen LogP contribution >= 0.6 is 0 Å². The first-order valence-electron chi connectivity index (χ1n) is 8.45. The van der Waals surface area contributed by atoms with Crippen LogP contribution in [0, 0.1) is 0 Å². The smallest absolute Gasteiger partial charge is 0.421 e. The quantitative estimate of drug-likeness (QED) is 0.402. The SMILES string of the molecule is NC(=NCCCN1CCOCC1)NCCOc1ncccc1C(F)(F)F. The minimum Gasteiger partial charge on any atom is -0.475 e. The summed E-state index contributed by atoms with van der Waals surface area (Å²) in [6, 6.07) is 2.15. The lowest BCUT2D eigenvalue weighted by atomic mass is 10.2. The minimum atomic E-state index is -4.50. The first-order valence-corrected chi connectivity index (χ1v) is 8.45. The van der Waals surface area contributed by atoms with Gasteiger partial charge in [-0.2, -0.15) is 13.2 Å². The Morgan fingerprint density at radius 3 is 2.88 bits per heavy atom. The average Bonchev–Trinajstić information content (AvgIpc) is 2.63. The molecular formula is C16H24F3N5O2. The molecule has 0 saturated carbocycles. The number of rotatable bonds is 8. The van der Waals surface area contributed by atoms with Gasteiger partial charge in [-0.25, -0.2) is 4.98 Å². The third-order valence-electron chi connectivity index (χ3n) is 3.74. The molecule has 0 aliphatic carbocycles. The highest BCUT2D eigenvalue weighted by Crippen LogP contribution is 2.34. The summed E-state index contributed by atoms with van der Waals surface area (Å²) in [5, 5.41) is 2.81. The predicted molar refractivity (Wildman–Crippen MR) is 91.1 cm³/mol. The molecule has 0 spiro atoms. The lowest BCUT2D eigenvalue weighted by Crippen LogP contribution is -2.37. The summed E-state index contributed by atoms with van der Waals surface area (Å²) in [5.74, 6) is -0.199. The molecule has 0 bridgehead atoms. The Hall–Kier alpha value is -2.07. The van der Waals surface area contributed by atoms with E-state index in [0.717, 1.165) is 45.3 Å². The van der Waals surface area contributed by atoms with E-state index >= 15 is 0 Å². The molecule has 0 radical (unpaired) electrons. The number of halogens is 3. The monoisotopic (exact) mass is 375 g/mol. The van der Waals surface area contributed by atoms with Crippen LogP contribution in [0.2, 0.25) is 0 Å². The Morgan fingerprint density at radius 2 is 2.15 bits per heavy atom. The van der Waals surface area contributed by atoms with Crippen molar-refractivity contribution in [2.75, 3.05) is 52.5 Å². The zero-order chi connectivity index (χ0) is 18.8. The van der Waals surface area contributed by atoms with Crippen molar-refractivity contribution < 1.29 is 22.6 Å². The summed E-state index contributed by atoms with van der Waals surface area (Å²) >= 11 is 0. The highest BCUT2D eigenvalue weighted by Gasteiger charge is 2.34. The first-order chi connectivity index (χ1) is 12.5. The van der Waals surface area contributed by atoms with Gasteiger partial charge in [-0.1, -0.05) is 0 Å². The van der Waals surface area contributed by atoms with E-state index in [9.17, 15) is 13.2 Å². The van der Waals surface area contributed by atoms with Crippen LogP contribution in [0.5, 0.6) is 5.88 Å². The van der Waals surface area contributed by atoms with Gasteiger partial charge in [0.1, 0.15) is 12.2 Å². The number of ether oxygens (including phenoxy) is 2. The molecule has 0 aromatic carbocycles. The number of hydrogen-bond donors (Lipinski definition) is 2. The molecule has 146 valence electrons. The molecule has 26 heavy (non-hydrogen) atoms. The van der Waals surface area contributed by atoms with Crippen LogP contribution in [0.4, 0.5) is 13.2 Å². The van der Waals surface area contributed by atoms with E-state index in [1.54, 1.807) is 0 Å². The Morgan fingerprint density at radius 1 is 1.38 bits per heavy atom. The van der Waals surface area contributed by atoms with E-state index in [-0.39, 0.29) is 19.1 Å². The van der Waals surface area contributed by atoms with Gasteiger partial charge >= 0.3 is 6.18 Å². The van der Waals surface area contributed by atoms with Gasteiger partial charge in [-0.05, 0) is 18.6 Å². The maximum atomic E-state index is 12.8. The molecule has 3 N–H and O–H groups in total. The third-order valence-corrected chi connectivity index (χ3v) is 3.74. The number of nitrogens with two attached hydrogens (primary N) is 1. The topological polar surface area (TPSA) is 85.0 Å². The summed E-state index contributed by atoms with van der Waals surface area (Å²) in [6.45, 7) is 5.12. The average molecular weight is 375 g/mol. The second-order valence-electron chi connectivity index (χ2n) is 5.70. The Labute approximate surface area is 150 Å². The van der Waals surface area contributed by atoms with Gasteiger partial charge in [-0.3, -0.25) is 9.89 Å². The van der Waals surface area contributed by atoms with E-state index < -0.39 is 17.6 Å². The molecule has 0 amide bonds. The van der Waals surface area contributed by atoms with Crippen LogP contribution < -0.4 is 15.8 Å². The zero-order valence-corrected chi connectivity index (χ0v) is 14.5. The van der Waals surface area contributed by atoms with E-state index in [1.807, 2.05) is 0 Å². The minimum absolute atomic E-state index is 0.00983. The fraction of sp³-hybridized carbons (Fsp3) is 0.625. The molecule has 1 aliphatic rings. The van der Waals surface area contributed by atoms with Crippen LogP contribution in [0.3, 0.4) is 0 Å². The van der Waals surface area contributed by atoms with Gasteiger partial charge in [0.15, 0.2) is 5.96 Å². The van der Waals surface area contributed by atoms with Crippen molar-refractivity contribution in [1.29, 1.82) is 0 Å². The summed E-state index contributed by atoms with van der Waals surface area (Å²) in [6.07, 6.45) is -2.37. The molecule has 0 unspecified atom stereocenters. The van der Waals surface area contributed by atoms with E-state index in [4.69, 9.17) is 15.2 Å². The van der Waals surface area contributed by atoms with Crippen molar-refractivity contribution in [2.24, 2.45) is 10.7 Å². The van der Waals surface area contributed by atoms with E-state index in [0.29, 0.717) is 6.54 Å². The van der Waals surface area contributed by atoms with Gasteiger partial charge < -0.3 is 20.5 Å². The number of nitrogens with zero attached hydrogens (tertiary/aromatic N) is 3. The molecule has 1 aliphatic heterocycles. The number of morpholine rings is 1. The molecule has 0 atom stereocenters. The molecule has 2 heterocycles. The zero-order valence-electron chi connectivity index (χ0n) is 14.5. The van der Waals surface area contributed by atoms with Crippen LogP contribution in [-0.4, -0.2) is 68.4 Å². The van der Waals surface area contributed by atoms with E-state index in [2.05, 4.69) is 20.2 Å². The molecule has 7 nitrogen and oxygen atoms in total. The summed E-state index contributed by atoms with van der Waals surface area (Å²) < 4.78 is 48.8. The van der Waals surface area contributed by atoms with Crippen molar-refractivity contribution in [2.45, 2.75) is 12.6 Å². The maximum Gasteiger partial charge on any atom is 0.421 e. The molecular weight excluding hydrogens is 351 g/mol. The highest BCUT2D eigenvalue weighted by molar-refractivity contribution is 5.77. The largest absolute Gasteiger partial charge is 0.475 e.